The molecule has 0 unspecified atom stereocenters. The number of rotatable bonds is 9. The fourth-order valence-electron chi connectivity index (χ4n) is 5.44. The first-order valence-corrected chi connectivity index (χ1v) is 15.8. The van der Waals surface area contributed by atoms with Crippen LogP contribution in [0.4, 0.5) is 5.69 Å². The molecule has 4 rings (SSSR count). The van der Waals surface area contributed by atoms with E-state index in [4.69, 9.17) is 16.3 Å². The van der Waals surface area contributed by atoms with Gasteiger partial charge >= 0.3 is 0 Å². The third kappa shape index (κ3) is 7.09. The Balaban J connectivity index is 1.67. The number of nitrogens with one attached hydrogen (secondary N) is 1. The van der Waals surface area contributed by atoms with Crippen molar-refractivity contribution in [2.24, 2.45) is 11.8 Å². The van der Waals surface area contributed by atoms with E-state index in [1.54, 1.807) is 24.3 Å². The summed E-state index contributed by atoms with van der Waals surface area (Å²) in [5, 5.41) is 10.4. The standard InChI is InChI=1S/C31H39ClN2O5S/c1-4-8-29(35)27-14-11-24(27)19-34-16-7-6-9-22-17-26(32)13-10-25(22)20-39-30-15-12-23(18-28(30)34)31(36)33-40(37,38)21(3)5-2/h4-5,10,12-13,15,17-18,21,24,27,29,35H,1-2,6-9,11,14,16,19-20H2,3H3,(H,33,36)/t21-,24+,27-,29+/m1/s1. The minimum atomic E-state index is -3.90. The highest BCUT2D eigenvalue weighted by Gasteiger charge is 2.37. The fourth-order valence-corrected chi connectivity index (χ4v) is 6.45. The molecule has 7 nitrogen and oxygen atoms in total. The van der Waals surface area contributed by atoms with Crippen LogP contribution in [0.15, 0.2) is 61.7 Å². The van der Waals surface area contributed by atoms with Gasteiger partial charge in [0.15, 0.2) is 0 Å². The van der Waals surface area contributed by atoms with Crippen molar-refractivity contribution in [3.05, 3.63) is 83.4 Å². The number of sulfonamides is 1. The van der Waals surface area contributed by atoms with Crippen molar-refractivity contribution in [3.8, 4) is 5.75 Å². The third-order valence-electron chi connectivity index (χ3n) is 8.13. The second-order valence-electron chi connectivity index (χ2n) is 10.8. The summed E-state index contributed by atoms with van der Waals surface area (Å²) >= 11 is 6.28. The summed E-state index contributed by atoms with van der Waals surface area (Å²) in [6, 6.07) is 10.9. The number of hydrogen-bond acceptors (Lipinski definition) is 6. The highest BCUT2D eigenvalue weighted by Crippen LogP contribution is 2.41. The van der Waals surface area contributed by atoms with Crippen LogP contribution in [-0.2, 0) is 23.1 Å². The number of halogens is 1. The van der Waals surface area contributed by atoms with Crippen molar-refractivity contribution >= 4 is 33.2 Å². The number of fused-ring (bicyclic) bond motifs is 2. The zero-order valence-electron chi connectivity index (χ0n) is 23.0. The first-order valence-electron chi connectivity index (χ1n) is 13.9. The van der Waals surface area contributed by atoms with Crippen LogP contribution in [0.1, 0.15) is 60.5 Å². The molecule has 4 atom stereocenters. The Kier molecular flexibility index (Phi) is 9.98. The van der Waals surface area contributed by atoms with Crippen LogP contribution in [0, 0.1) is 11.8 Å². The maximum Gasteiger partial charge on any atom is 0.264 e. The van der Waals surface area contributed by atoms with Gasteiger partial charge in [0.1, 0.15) is 12.4 Å². The van der Waals surface area contributed by atoms with E-state index in [-0.39, 0.29) is 17.4 Å². The van der Waals surface area contributed by atoms with Crippen LogP contribution in [0.5, 0.6) is 5.75 Å². The molecule has 1 heterocycles. The smallest absolute Gasteiger partial charge is 0.264 e. The predicted octanol–water partition coefficient (Wildman–Crippen LogP) is 5.66. The number of carbonyl (C=O) groups excluding carboxylic acids is 1. The van der Waals surface area contributed by atoms with Gasteiger partial charge in [-0.1, -0.05) is 29.8 Å². The van der Waals surface area contributed by atoms with Gasteiger partial charge in [-0.25, -0.2) is 13.1 Å². The summed E-state index contributed by atoms with van der Waals surface area (Å²) in [6.07, 6.45) is 7.87. The average molecular weight is 587 g/mol. The van der Waals surface area contributed by atoms with Gasteiger partial charge < -0.3 is 14.7 Å². The summed E-state index contributed by atoms with van der Waals surface area (Å²) in [5.74, 6) is 0.386. The molecule has 1 aliphatic carbocycles. The first-order chi connectivity index (χ1) is 19.1. The van der Waals surface area contributed by atoms with Crippen LogP contribution in [0.2, 0.25) is 5.02 Å². The maximum atomic E-state index is 13.1. The summed E-state index contributed by atoms with van der Waals surface area (Å²) in [5.41, 5.74) is 3.18. The normalized spacial score (nSPS) is 20.8. The molecule has 40 heavy (non-hydrogen) atoms. The Bertz CT molecular complexity index is 1350. The number of carbonyl (C=O) groups is 1. The van der Waals surface area contributed by atoms with E-state index in [2.05, 4.69) is 22.8 Å². The molecule has 0 bridgehead atoms. The number of amides is 1. The van der Waals surface area contributed by atoms with E-state index >= 15 is 0 Å². The van der Waals surface area contributed by atoms with Gasteiger partial charge in [-0.05, 0) is 98.7 Å². The molecule has 9 heteroatoms. The number of aryl methyl sites for hydroxylation is 1. The number of aliphatic hydroxyl groups is 1. The molecule has 2 aromatic carbocycles. The molecule has 0 spiro atoms. The monoisotopic (exact) mass is 586 g/mol. The number of benzene rings is 2. The average Bonchev–Trinajstić information content (AvgIpc) is 2.93. The Morgan fingerprint density at radius 3 is 2.70 bits per heavy atom. The zero-order valence-corrected chi connectivity index (χ0v) is 24.6. The molecule has 2 N–H and O–H groups in total. The Morgan fingerprint density at radius 2 is 2.00 bits per heavy atom. The molecule has 2 aliphatic rings. The van der Waals surface area contributed by atoms with Gasteiger partial charge in [0.05, 0.1) is 17.0 Å². The van der Waals surface area contributed by atoms with Gasteiger partial charge in [0, 0.05) is 23.7 Å². The van der Waals surface area contributed by atoms with Crippen molar-refractivity contribution in [1.29, 1.82) is 0 Å². The lowest BCUT2D eigenvalue weighted by molar-refractivity contribution is 0.0181. The number of ether oxygens (including phenoxy) is 1. The molecule has 1 amide bonds. The van der Waals surface area contributed by atoms with Crippen LogP contribution in [0.25, 0.3) is 0 Å². The van der Waals surface area contributed by atoms with Gasteiger partial charge in [-0.2, -0.15) is 0 Å². The Morgan fingerprint density at radius 1 is 1.20 bits per heavy atom. The molecule has 1 aliphatic heterocycles. The van der Waals surface area contributed by atoms with Crippen molar-refractivity contribution in [2.45, 2.75) is 63.4 Å². The van der Waals surface area contributed by atoms with Crippen LogP contribution in [0.3, 0.4) is 0 Å². The van der Waals surface area contributed by atoms with E-state index in [0.29, 0.717) is 30.3 Å². The van der Waals surface area contributed by atoms with Crippen molar-refractivity contribution in [2.75, 3.05) is 18.0 Å². The Hall–Kier alpha value is -2.81. The molecule has 0 saturated heterocycles. The van der Waals surface area contributed by atoms with Gasteiger partial charge in [-0.15, -0.1) is 13.2 Å². The second-order valence-corrected chi connectivity index (χ2v) is 13.3. The largest absolute Gasteiger partial charge is 0.487 e. The predicted molar refractivity (Wildman–Crippen MR) is 160 cm³/mol. The van der Waals surface area contributed by atoms with Crippen molar-refractivity contribution < 1.29 is 23.1 Å². The molecule has 1 fully saturated rings. The molecule has 216 valence electrons. The lowest BCUT2D eigenvalue weighted by atomic mass is 9.69. The van der Waals surface area contributed by atoms with Crippen molar-refractivity contribution in [3.63, 3.8) is 0 Å². The van der Waals surface area contributed by atoms with E-state index in [1.807, 2.05) is 18.2 Å². The quantitative estimate of drug-likeness (QED) is 0.368. The lowest BCUT2D eigenvalue weighted by Crippen LogP contribution is -2.43. The molecule has 2 aromatic rings. The van der Waals surface area contributed by atoms with E-state index in [1.165, 1.54) is 13.0 Å². The summed E-state index contributed by atoms with van der Waals surface area (Å²) in [7, 11) is -3.90. The highest BCUT2D eigenvalue weighted by atomic mass is 35.5. The number of hydrogen-bond donors (Lipinski definition) is 2. The fraction of sp³-hybridized carbons (Fsp3) is 0.452. The third-order valence-corrected chi connectivity index (χ3v) is 10.0. The second kappa shape index (κ2) is 13.2. The molecule has 1 saturated carbocycles. The molecular formula is C31H39ClN2O5S. The molecule has 0 radical (unpaired) electrons. The number of anilines is 1. The van der Waals surface area contributed by atoms with E-state index in [9.17, 15) is 18.3 Å². The highest BCUT2D eigenvalue weighted by molar-refractivity contribution is 7.90. The maximum absolute atomic E-state index is 13.1. The SMILES string of the molecule is C=CC[C@H](O)[C@@H]1CC[C@H]1CN1CCCCc2cc(Cl)ccc2COc2ccc(C(=O)NS(=O)(=O)[C@H](C)C=C)cc21. The topological polar surface area (TPSA) is 95.9 Å². The van der Waals surface area contributed by atoms with Crippen molar-refractivity contribution in [1.82, 2.24) is 4.72 Å². The first kappa shape index (κ1) is 30.2. The van der Waals surface area contributed by atoms with Gasteiger partial charge in [0.25, 0.3) is 5.91 Å². The summed E-state index contributed by atoms with van der Waals surface area (Å²) in [4.78, 5) is 15.3. The van der Waals surface area contributed by atoms with Gasteiger partial charge in [0.2, 0.25) is 10.0 Å². The van der Waals surface area contributed by atoms with Crippen LogP contribution >= 0.6 is 11.6 Å². The van der Waals surface area contributed by atoms with E-state index < -0.39 is 27.3 Å². The minimum absolute atomic E-state index is 0.184. The lowest BCUT2D eigenvalue weighted by Gasteiger charge is -2.43. The molecule has 0 aromatic heterocycles. The summed E-state index contributed by atoms with van der Waals surface area (Å²) < 4.78 is 33.6. The summed E-state index contributed by atoms with van der Waals surface area (Å²) in [6.45, 7) is 10.5. The van der Waals surface area contributed by atoms with E-state index in [0.717, 1.165) is 55.5 Å². The minimum Gasteiger partial charge on any atom is -0.487 e. The van der Waals surface area contributed by atoms with Crippen LogP contribution in [-0.4, -0.2) is 43.9 Å². The Labute approximate surface area is 242 Å². The molecular weight excluding hydrogens is 548 g/mol. The number of aliphatic hydroxyl groups excluding tert-OH is 1. The number of nitrogens with zero attached hydrogens (tertiary/aromatic N) is 1. The van der Waals surface area contributed by atoms with Gasteiger partial charge in [-0.3, -0.25) is 4.79 Å². The zero-order chi connectivity index (χ0) is 28.9. The van der Waals surface area contributed by atoms with Crippen LogP contribution < -0.4 is 14.4 Å².